The fourth-order valence-corrected chi connectivity index (χ4v) is 2.40. The summed E-state index contributed by atoms with van der Waals surface area (Å²) in [7, 11) is 0. The van der Waals surface area contributed by atoms with Crippen LogP contribution >= 0.6 is 0 Å². The molecule has 2 aromatic carbocycles. The molecule has 0 amide bonds. The van der Waals surface area contributed by atoms with Gasteiger partial charge in [-0.2, -0.15) is 0 Å². The Hall–Kier alpha value is -2.93. The minimum Gasteiger partial charge on any atom is -0.507 e. The van der Waals surface area contributed by atoms with Crippen molar-refractivity contribution >= 4 is 5.78 Å². The predicted molar refractivity (Wildman–Crippen MR) is 73.2 cm³/mol. The third-order valence-electron chi connectivity index (χ3n) is 3.50. The zero-order valence-corrected chi connectivity index (χ0v) is 11.1. The van der Waals surface area contributed by atoms with Crippen LogP contribution in [0.4, 0.5) is 0 Å². The third-order valence-corrected chi connectivity index (χ3v) is 3.50. The van der Waals surface area contributed by atoms with Crippen molar-refractivity contribution in [3.8, 4) is 28.7 Å². The number of rotatable bonds is 1. The molecule has 0 bridgehead atoms. The van der Waals surface area contributed by atoms with Crippen molar-refractivity contribution in [1.82, 2.24) is 0 Å². The average molecular weight is 304 g/mol. The van der Waals surface area contributed by atoms with E-state index in [0.29, 0.717) is 0 Å². The van der Waals surface area contributed by atoms with Crippen LogP contribution in [0.15, 0.2) is 30.3 Å². The van der Waals surface area contributed by atoms with Gasteiger partial charge >= 0.3 is 0 Å². The molecule has 22 heavy (non-hydrogen) atoms. The number of aliphatic hydroxyl groups is 1. The first kappa shape index (κ1) is 14.0. The topological polar surface area (TPSA) is 127 Å². The molecule has 2 unspecified atom stereocenters. The van der Waals surface area contributed by atoms with E-state index in [1.807, 2.05) is 0 Å². The summed E-state index contributed by atoms with van der Waals surface area (Å²) in [5.41, 5.74) is -0.240. The number of ketones is 1. The molecule has 0 saturated carbocycles. The van der Waals surface area contributed by atoms with Gasteiger partial charge in [0.25, 0.3) is 0 Å². The molecule has 1 heterocycles. The van der Waals surface area contributed by atoms with Gasteiger partial charge in [-0.25, -0.2) is 0 Å². The first-order valence-electron chi connectivity index (χ1n) is 6.36. The molecule has 114 valence electrons. The van der Waals surface area contributed by atoms with Gasteiger partial charge in [0.1, 0.15) is 17.2 Å². The van der Waals surface area contributed by atoms with Gasteiger partial charge in [0, 0.05) is 6.07 Å². The van der Waals surface area contributed by atoms with E-state index in [2.05, 4.69) is 0 Å². The quantitative estimate of drug-likeness (QED) is 0.501. The van der Waals surface area contributed by atoms with E-state index >= 15 is 0 Å². The summed E-state index contributed by atoms with van der Waals surface area (Å²) in [5.74, 6) is -2.54. The number of aromatic hydroxyl groups is 4. The zero-order chi connectivity index (χ0) is 16.0. The summed E-state index contributed by atoms with van der Waals surface area (Å²) in [6, 6.07) is 5.96. The van der Waals surface area contributed by atoms with Crippen LogP contribution in [0.2, 0.25) is 0 Å². The second-order valence-electron chi connectivity index (χ2n) is 4.89. The number of ether oxygens (including phenoxy) is 1. The van der Waals surface area contributed by atoms with Crippen LogP contribution in [-0.4, -0.2) is 37.4 Å². The lowest BCUT2D eigenvalue weighted by Crippen LogP contribution is -2.36. The number of phenols is 4. The Morgan fingerprint density at radius 3 is 2.14 bits per heavy atom. The number of hydrogen-bond donors (Lipinski definition) is 5. The number of aliphatic hydroxyl groups excluding tert-OH is 1. The Morgan fingerprint density at radius 1 is 0.909 bits per heavy atom. The molecule has 0 aliphatic carbocycles. The van der Waals surface area contributed by atoms with Gasteiger partial charge in [0.2, 0.25) is 0 Å². The predicted octanol–water partition coefficient (Wildman–Crippen LogP) is 1.19. The molecule has 3 rings (SSSR count). The van der Waals surface area contributed by atoms with Crippen molar-refractivity contribution in [3.63, 3.8) is 0 Å². The molecule has 0 spiro atoms. The van der Waals surface area contributed by atoms with E-state index in [1.54, 1.807) is 0 Å². The second kappa shape index (κ2) is 4.81. The van der Waals surface area contributed by atoms with Crippen LogP contribution in [0, 0.1) is 0 Å². The first-order chi connectivity index (χ1) is 10.4. The van der Waals surface area contributed by atoms with Gasteiger partial charge in [-0.3, -0.25) is 4.79 Å². The number of benzene rings is 2. The number of fused-ring (bicyclic) bond motifs is 1. The lowest BCUT2D eigenvalue weighted by Gasteiger charge is -2.30. The summed E-state index contributed by atoms with van der Waals surface area (Å²) in [6.07, 6.45) is -3.03. The Balaban J connectivity index is 2.13. The molecular weight excluding hydrogens is 292 g/mol. The molecule has 0 saturated heterocycles. The van der Waals surface area contributed by atoms with Crippen LogP contribution in [0.25, 0.3) is 0 Å². The number of carbonyl (C=O) groups excluding carboxylic acids is 1. The summed E-state index contributed by atoms with van der Waals surface area (Å²) < 4.78 is 5.44. The van der Waals surface area contributed by atoms with Gasteiger partial charge < -0.3 is 30.3 Å². The van der Waals surface area contributed by atoms with Crippen molar-refractivity contribution in [2.24, 2.45) is 0 Å². The van der Waals surface area contributed by atoms with Crippen molar-refractivity contribution in [3.05, 3.63) is 41.5 Å². The largest absolute Gasteiger partial charge is 0.507 e. The second-order valence-corrected chi connectivity index (χ2v) is 4.89. The highest BCUT2D eigenvalue weighted by Crippen LogP contribution is 2.44. The van der Waals surface area contributed by atoms with Crippen LogP contribution in [0.3, 0.4) is 0 Å². The molecule has 0 radical (unpaired) electrons. The fraction of sp³-hybridized carbons (Fsp3) is 0.133. The highest BCUT2D eigenvalue weighted by atomic mass is 16.5. The minimum atomic E-state index is -1.68. The van der Waals surface area contributed by atoms with E-state index in [9.17, 15) is 30.3 Å². The zero-order valence-electron chi connectivity index (χ0n) is 11.1. The summed E-state index contributed by atoms with van der Waals surface area (Å²) in [4.78, 5) is 12.2. The maximum Gasteiger partial charge on any atom is 0.199 e. The molecule has 2 aromatic rings. The fourth-order valence-electron chi connectivity index (χ4n) is 2.40. The molecule has 7 nitrogen and oxygen atoms in total. The van der Waals surface area contributed by atoms with Crippen LogP contribution < -0.4 is 4.74 Å². The highest BCUT2D eigenvalue weighted by molar-refractivity contribution is 6.03. The van der Waals surface area contributed by atoms with E-state index in [-0.39, 0.29) is 28.4 Å². The summed E-state index contributed by atoms with van der Waals surface area (Å²) >= 11 is 0. The smallest absolute Gasteiger partial charge is 0.199 e. The molecule has 0 aromatic heterocycles. The van der Waals surface area contributed by atoms with E-state index in [4.69, 9.17) is 4.74 Å². The van der Waals surface area contributed by atoms with Crippen molar-refractivity contribution in [2.45, 2.75) is 12.2 Å². The Morgan fingerprint density at radius 2 is 1.50 bits per heavy atom. The Labute approximate surface area is 124 Å². The van der Waals surface area contributed by atoms with Gasteiger partial charge in [0.05, 0.1) is 11.1 Å². The average Bonchev–Trinajstić information content (AvgIpc) is 2.46. The molecule has 5 N–H and O–H groups in total. The van der Waals surface area contributed by atoms with Crippen LogP contribution in [0.5, 0.6) is 28.7 Å². The number of carbonyl (C=O) groups is 1. The molecule has 0 fully saturated rings. The summed E-state index contributed by atoms with van der Waals surface area (Å²) in [6.45, 7) is 0. The van der Waals surface area contributed by atoms with Crippen molar-refractivity contribution in [1.29, 1.82) is 0 Å². The SMILES string of the molecule is O=C1c2cc(O)c(O)cc2OC(c2c(O)cccc2O)C1O. The van der Waals surface area contributed by atoms with Gasteiger partial charge in [-0.05, 0) is 18.2 Å². The molecular formula is C15H12O7. The monoisotopic (exact) mass is 304 g/mol. The Bertz CT molecular complexity index is 748. The first-order valence-corrected chi connectivity index (χ1v) is 6.36. The van der Waals surface area contributed by atoms with E-state index in [1.165, 1.54) is 18.2 Å². The van der Waals surface area contributed by atoms with Gasteiger partial charge in [-0.1, -0.05) is 6.07 Å². The molecule has 2 atom stereocenters. The maximum atomic E-state index is 12.2. The van der Waals surface area contributed by atoms with E-state index in [0.717, 1.165) is 12.1 Å². The standard InChI is InChI=1S/C15H12O7/c16-7-2-1-3-8(17)12(7)15-14(21)13(20)6-4-9(18)10(19)5-11(6)22-15/h1-5,14-19,21H. The number of Topliss-reactive ketones (excluding diaryl/α,β-unsaturated/α-hetero) is 1. The molecule has 7 heteroatoms. The normalized spacial score (nSPS) is 20.3. The highest BCUT2D eigenvalue weighted by Gasteiger charge is 2.40. The molecule has 1 aliphatic heterocycles. The number of hydrogen-bond acceptors (Lipinski definition) is 7. The third kappa shape index (κ3) is 1.99. The number of phenolic OH excluding ortho intramolecular Hbond substituents is 4. The van der Waals surface area contributed by atoms with Crippen molar-refractivity contribution in [2.75, 3.05) is 0 Å². The lowest BCUT2D eigenvalue weighted by molar-refractivity contribution is 0.0199. The van der Waals surface area contributed by atoms with Crippen molar-refractivity contribution < 1.29 is 35.1 Å². The lowest BCUT2D eigenvalue weighted by atomic mass is 9.92. The maximum absolute atomic E-state index is 12.2. The van der Waals surface area contributed by atoms with Gasteiger partial charge in [0.15, 0.2) is 29.5 Å². The van der Waals surface area contributed by atoms with Crippen LogP contribution in [-0.2, 0) is 0 Å². The summed E-state index contributed by atoms with van der Waals surface area (Å²) in [5, 5.41) is 48.7. The van der Waals surface area contributed by atoms with E-state index < -0.39 is 29.5 Å². The Kier molecular flexibility index (Phi) is 3.07. The van der Waals surface area contributed by atoms with Gasteiger partial charge in [-0.15, -0.1) is 0 Å². The minimum absolute atomic E-state index is 0.0711. The van der Waals surface area contributed by atoms with Crippen LogP contribution in [0.1, 0.15) is 22.0 Å². The molecule has 1 aliphatic rings.